The summed E-state index contributed by atoms with van der Waals surface area (Å²) in [4.78, 5) is 17.9. The zero-order chi connectivity index (χ0) is 19.2. The van der Waals surface area contributed by atoms with Crippen molar-refractivity contribution in [3.63, 3.8) is 0 Å². The van der Waals surface area contributed by atoms with E-state index in [-0.39, 0.29) is 5.91 Å². The van der Waals surface area contributed by atoms with Crippen LogP contribution in [0.3, 0.4) is 0 Å². The number of hydrogen-bond acceptors (Lipinski definition) is 4. The number of benzene rings is 2. The van der Waals surface area contributed by atoms with E-state index in [0.717, 1.165) is 49.8 Å². The van der Waals surface area contributed by atoms with Crippen LogP contribution in [-0.2, 0) is 13.1 Å². The van der Waals surface area contributed by atoms with Crippen LogP contribution in [0.5, 0.6) is 0 Å². The minimum atomic E-state index is -0.0442. The van der Waals surface area contributed by atoms with E-state index in [4.69, 9.17) is 0 Å². The van der Waals surface area contributed by atoms with Gasteiger partial charge in [0.05, 0.1) is 4.88 Å². The molecule has 4 nitrogen and oxygen atoms in total. The molecule has 5 heteroatoms. The molecule has 2 heterocycles. The minimum Gasteiger partial charge on any atom is -0.321 e. The Morgan fingerprint density at radius 2 is 1.39 bits per heavy atom. The number of rotatable bonds is 6. The number of thiophene rings is 1. The molecule has 144 valence electrons. The highest BCUT2D eigenvalue weighted by molar-refractivity contribution is 7.12. The van der Waals surface area contributed by atoms with Crippen molar-refractivity contribution in [1.29, 1.82) is 0 Å². The van der Waals surface area contributed by atoms with E-state index in [0.29, 0.717) is 0 Å². The van der Waals surface area contributed by atoms with Gasteiger partial charge in [0, 0.05) is 45.0 Å². The molecule has 0 spiro atoms. The Kier molecular flexibility index (Phi) is 6.17. The Bertz CT molecular complexity index is 870. The lowest BCUT2D eigenvalue weighted by Gasteiger charge is -2.34. The quantitative estimate of drug-likeness (QED) is 0.680. The molecule has 3 aromatic rings. The first-order chi connectivity index (χ1) is 13.8. The van der Waals surface area contributed by atoms with Crippen LogP contribution < -0.4 is 5.32 Å². The summed E-state index contributed by atoms with van der Waals surface area (Å²) in [5.74, 6) is -0.0442. The second kappa shape index (κ2) is 9.15. The van der Waals surface area contributed by atoms with Crippen molar-refractivity contribution in [2.45, 2.75) is 13.1 Å². The lowest BCUT2D eigenvalue weighted by Crippen LogP contribution is -2.45. The molecular formula is C23H25N3OS. The normalized spacial score (nSPS) is 15.4. The maximum absolute atomic E-state index is 12.1. The summed E-state index contributed by atoms with van der Waals surface area (Å²) >= 11 is 1.45. The van der Waals surface area contributed by atoms with E-state index in [9.17, 15) is 4.79 Å². The van der Waals surface area contributed by atoms with Gasteiger partial charge < -0.3 is 5.32 Å². The van der Waals surface area contributed by atoms with Gasteiger partial charge in [-0.2, -0.15) is 0 Å². The fourth-order valence-electron chi connectivity index (χ4n) is 3.50. The van der Waals surface area contributed by atoms with E-state index in [1.54, 1.807) is 0 Å². The molecule has 0 unspecified atom stereocenters. The van der Waals surface area contributed by atoms with Crippen LogP contribution in [-0.4, -0.2) is 41.9 Å². The summed E-state index contributed by atoms with van der Waals surface area (Å²) in [5, 5.41) is 4.87. The van der Waals surface area contributed by atoms with Crippen molar-refractivity contribution < 1.29 is 4.79 Å². The molecule has 0 bridgehead atoms. The van der Waals surface area contributed by atoms with E-state index < -0.39 is 0 Å². The number of anilines is 1. The number of hydrogen-bond donors (Lipinski definition) is 1. The highest BCUT2D eigenvalue weighted by atomic mass is 32.1. The predicted molar refractivity (Wildman–Crippen MR) is 116 cm³/mol. The number of piperazine rings is 1. The molecule has 1 aliphatic rings. The fourth-order valence-corrected chi connectivity index (χ4v) is 4.12. The van der Waals surface area contributed by atoms with E-state index in [1.807, 2.05) is 29.6 Å². The first kappa shape index (κ1) is 18.9. The van der Waals surface area contributed by atoms with Crippen molar-refractivity contribution in [2.75, 3.05) is 31.5 Å². The molecule has 1 saturated heterocycles. The Labute approximate surface area is 170 Å². The van der Waals surface area contributed by atoms with E-state index in [1.165, 1.54) is 22.5 Å². The zero-order valence-electron chi connectivity index (χ0n) is 15.9. The van der Waals surface area contributed by atoms with Gasteiger partial charge in [0.2, 0.25) is 0 Å². The molecule has 1 fully saturated rings. The molecular weight excluding hydrogens is 366 g/mol. The van der Waals surface area contributed by atoms with E-state index >= 15 is 0 Å². The fraction of sp³-hybridized carbons (Fsp3) is 0.261. The number of carbonyl (C=O) groups excluding carboxylic acids is 1. The molecule has 4 rings (SSSR count). The molecule has 28 heavy (non-hydrogen) atoms. The summed E-state index contributed by atoms with van der Waals surface area (Å²) in [6.07, 6.45) is 0. The zero-order valence-corrected chi connectivity index (χ0v) is 16.7. The van der Waals surface area contributed by atoms with Crippen molar-refractivity contribution in [3.8, 4) is 0 Å². The average Bonchev–Trinajstić information content (AvgIpc) is 3.27. The number of amides is 1. The second-order valence-corrected chi connectivity index (χ2v) is 8.11. The minimum absolute atomic E-state index is 0.0442. The van der Waals surface area contributed by atoms with Gasteiger partial charge in [-0.25, -0.2) is 0 Å². The molecule has 1 aliphatic heterocycles. The molecule has 2 aromatic carbocycles. The first-order valence-electron chi connectivity index (χ1n) is 9.69. The van der Waals surface area contributed by atoms with Crippen molar-refractivity contribution in [3.05, 3.63) is 88.1 Å². The standard InChI is InChI=1S/C23H25N3OS/c27-23(22-7-4-16-28-22)24-21-10-8-20(9-11-21)18-26-14-12-25(13-15-26)17-19-5-2-1-3-6-19/h1-11,16H,12-15,17-18H2,(H,24,27). The first-order valence-corrected chi connectivity index (χ1v) is 10.6. The van der Waals surface area contributed by atoms with Crippen LogP contribution in [0.2, 0.25) is 0 Å². The van der Waals surface area contributed by atoms with Gasteiger partial charge in [-0.05, 0) is 34.7 Å². The Morgan fingerprint density at radius 3 is 1.96 bits per heavy atom. The maximum Gasteiger partial charge on any atom is 0.265 e. The molecule has 0 atom stereocenters. The maximum atomic E-state index is 12.1. The Morgan fingerprint density at radius 1 is 0.786 bits per heavy atom. The summed E-state index contributed by atoms with van der Waals surface area (Å²) in [6.45, 7) is 6.37. The van der Waals surface area contributed by atoms with Crippen molar-refractivity contribution in [2.24, 2.45) is 0 Å². The topological polar surface area (TPSA) is 35.6 Å². The van der Waals surface area contributed by atoms with Gasteiger partial charge in [-0.1, -0.05) is 48.5 Å². The number of nitrogens with one attached hydrogen (secondary N) is 1. The number of carbonyl (C=O) groups is 1. The molecule has 0 radical (unpaired) electrons. The van der Waals surface area contributed by atoms with E-state index in [2.05, 4.69) is 57.6 Å². The Balaban J connectivity index is 1.24. The lowest BCUT2D eigenvalue weighted by atomic mass is 10.1. The van der Waals surface area contributed by atoms with Gasteiger partial charge in [0.15, 0.2) is 0 Å². The smallest absolute Gasteiger partial charge is 0.265 e. The van der Waals surface area contributed by atoms with Crippen LogP contribution in [0, 0.1) is 0 Å². The van der Waals surface area contributed by atoms with Crippen molar-refractivity contribution in [1.82, 2.24) is 9.80 Å². The molecule has 1 amide bonds. The molecule has 1 aromatic heterocycles. The third-order valence-electron chi connectivity index (χ3n) is 5.08. The third-order valence-corrected chi connectivity index (χ3v) is 5.95. The SMILES string of the molecule is O=C(Nc1ccc(CN2CCN(Cc3ccccc3)CC2)cc1)c1cccs1. The summed E-state index contributed by atoms with van der Waals surface area (Å²) in [7, 11) is 0. The van der Waals surface area contributed by atoms with Gasteiger partial charge in [-0.3, -0.25) is 14.6 Å². The van der Waals surface area contributed by atoms with Crippen LogP contribution in [0.25, 0.3) is 0 Å². The van der Waals surface area contributed by atoms with Crippen molar-refractivity contribution >= 4 is 22.9 Å². The predicted octanol–water partition coefficient (Wildman–Crippen LogP) is 4.32. The molecule has 0 aliphatic carbocycles. The highest BCUT2D eigenvalue weighted by Gasteiger charge is 2.17. The third kappa shape index (κ3) is 5.07. The van der Waals surface area contributed by atoms with Gasteiger partial charge in [-0.15, -0.1) is 11.3 Å². The Hall–Kier alpha value is -2.47. The summed E-state index contributed by atoms with van der Waals surface area (Å²) in [6, 6.07) is 22.6. The van der Waals surface area contributed by atoms with Gasteiger partial charge in [0.25, 0.3) is 5.91 Å². The van der Waals surface area contributed by atoms with Crippen LogP contribution in [0.4, 0.5) is 5.69 Å². The molecule has 0 saturated carbocycles. The monoisotopic (exact) mass is 391 g/mol. The highest BCUT2D eigenvalue weighted by Crippen LogP contribution is 2.16. The summed E-state index contributed by atoms with van der Waals surface area (Å²) < 4.78 is 0. The number of nitrogens with zero attached hydrogens (tertiary/aromatic N) is 2. The second-order valence-electron chi connectivity index (χ2n) is 7.17. The largest absolute Gasteiger partial charge is 0.321 e. The molecule has 1 N–H and O–H groups in total. The van der Waals surface area contributed by atoms with Crippen LogP contribution >= 0.6 is 11.3 Å². The average molecular weight is 392 g/mol. The van der Waals surface area contributed by atoms with Crippen LogP contribution in [0.1, 0.15) is 20.8 Å². The van der Waals surface area contributed by atoms with Gasteiger partial charge >= 0.3 is 0 Å². The summed E-state index contributed by atoms with van der Waals surface area (Å²) in [5.41, 5.74) is 3.51. The van der Waals surface area contributed by atoms with Crippen LogP contribution in [0.15, 0.2) is 72.1 Å². The lowest BCUT2D eigenvalue weighted by molar-refractivity contribution is 0.103. The van der Waals surface area contributed by atoms with Gasteiger partial charge in [0.1, 0.15) is 0 Å².